The minimum absolute atomic E-state index is 0.0384. The second-order valence-electron chi connectivity index (χ2n) is 15.0. The number of hydrogen-bond donors (Lipinski definition) is 2. The summed E-state index contributed by atoms with van der Waals surface area (Å²) in [5.74, 6) is 1.41. The van der Waals surface area contributed by atoms with Crippen LogP contribution < -0.4 is 25.2 Å². The van der Waals surface area contributed by atoms with E-state index < -0.39 is 0 Å². The second kappa shape index (κ2) is 12.5. The normalized spacial score (nSPS) is 22.4. The van der Waals surface area contributed by atoms with E-state index in [1.54, 1.807) is 0 Å². The number of nitrogens with zero attached hydrogens (tertiary/aromatic N) is 5. The smallest absolute Gasteiger partial charge is 0.323 e. The molecule has 1 aromatic heterocycles. The molecule has 3 heterocycles. The van der Waals surface area contributed by atoms with Crippen molar-refractivity contribution in [1.29, 1.82) is 0 Å². The van der Waals surface area contributed by atoms with Gasteiger partial charge in [0, 0.05) is 48.3 Å². The van der Waals surface area contributed by atoms with Crippen LogP contribution in [0.5, 0.6) is 6.01 Å². The fourth-order valence-electron chi connectivity index (χ4n) is 7.17. The highest BCUT2D eigenvalue weighted by Crippen LogP contribution is 2.35. The maximum atomic E-state index is 6.19. The molecule has 0 bridgehead atoms. The van der Waals surface area contributed by atoms with Gasteiger partial charge in [0.05, 0.1) is 6.61 Å². The number of hydrogen-bond acceptors (Lipinski definition) is 8. The van der Waals surface area contributed by atoms with Crippen molar-refractivity contribution in [2.45, 2.75) is 161 Å². The number of nitrogens with one attached hydrogen (secondary N) is 2. The summed E-state index contributed by atoms with van der Waals surface area (Å²) in [6, 6.07) is 1.09. The number of anilines is 2. The van der Waals surface area contributed by atoms with Crippen LogP contribution in [0.25, 0.3) is 0 Å². The van der Waals surface area contributed by atoms with Crippen molar-refractivity contribution in [3.05, 3.63) is 0 Å². The summed E-state index contributed by atoms with van der Waals surface area (Å²) in [6.45, 7) is 21.2. The Balaban J connectivity index is 1.84. The Bertz CT molecular complexity index is 835. The van der Waals surface area contributed by atoms with Crippen LogP contribution in [-0.2, 0) is 0 Å². The van der Waals surface area contributed by atoms with Gasteiger partial charge in [-0.25, -0.2) is 0 Å². The van der Waals surface area contributed by atoms with E-state index in [-0.39, 0.29) is 22.2 Å². The van der Waals surface area contributed by atoms with E-state index in [9.17, 15) is 0 Å². The molecule has 39 heavy (non-hydrogen) atoms. The van der Waals surface area contributed by atoms with Crippen molar-refractivity contribution in [1.82, 2.24) is 25.6 Å². The predicted octanol–water partition coefficient (Wildman–Crippen LogP) is 6.10. The minimum atomic E-state index is 0.0384. The summed E-state index contributed by atoms with van der Waals surface area (Å²) < 4.78 is 6.19. The maximum absolute atomic E-state index is 6.19. The van der Waals surface area contributed by atoms with Crippen LogP contribution in [0, 0.1) is 0 Å². The van der Waals surface area contributed by atoms with Gasteiger partial charge >= 0.3 is 6.01 Å². The van der Waals surface area contributed by atoms with Crippen molar-refractivity contribution in [2.75, 3.05) is 30.5 Å². The third kappa shape index (κ3) is 9.44. The first-order chi connectivity index (χ1) is 18.0. The summed E-state index contributed by atoms with van der Waals surface area (Å²) in [4.78, 5) is 19.3. The quantitative estimate of drug-likeness (QED) is 0.305. The monoisotopic (exact) mass is 545 g/mol. The first-order valence-corrected chi connectivity index (χ1v) is 15.4. The summed E-state index contributed by atoms with van der Waals surface area (Å²) >= 11 is 0. The van der Waals surface area contributed by atoms with Crippen molar-refractivity contribution in [3.8, 4) is 6.01 Å². The lowest BCUT2D eigenvalue weighted by Gasteiger charge is -2.49. The highest BCUT2D eigenvalue weighted by atomic mass is 16.5. The zero-order valence-electron chi connectivity index (χ0n) is 27.1. The molecule has 0 aromatic carbocycles. The van der Waals surface area contributed by atoms with Crippen LogP contribution in [0.15, 0.2) is 0 Å². The Morgan fingerprint density at radius 3 is 1.44 bits per heavy atom. The van der Waals surface area contributed by atoms with Gasteiger partial charge in [0.25, 0.3) is 0 Å². The number of rotatable bonds is 12. The Labute approximate surface area is 239 Å². The highest BCUT2D eigenvalue weighted by molar-refractivity contribution is 5.42. The average Bonchev–Trinajstić information content (AvgIpc) is 2.78. The van der Waals surface area contributed by atoms with Gasteiger partial charge in [-0.15, -0.1) is 0 Å². The Kier molecular flexibility index (Phi) is 10.2. The van der Waals surface area contributed by atoms with Gasteiger partial charge in [-0.1, -0.05) is 39.0 Å². The molecule has 0 saturated carbocycles. The molecule has 0 amide bonds. The van der Waals surface area contributed by atoms with Crippen LogP contribution in [0.3, 0.4) is 0 Å². The van der Waals surface area contributed by atoms with Gasteiger partial charge in [0.15, 0.2) is 0 Å². The van der Waals surface area contributed by atoms with Crippen LogP contribution in [0.1, 0.15) is 127 Å². The zero-order chi connectivity index (χ0) is 29.1. The molecule has 2 N–H and O–H groups in total. The summed E-state index contributed by atoms with van der Waals surface area (Å²) in [6.07, 6.45) is 11.4. The van der Waals surface area contributed by atoms with Crippen LogP contribution in [0.4, 0.5) is 11.9 Å². The second-order valence-corrected chi connectivity index (χ2v) is 15.0. The number of aromatic nitrogens is 3. The molecule has 2 aliphatic rings. The summed E-state index contributed by atoms with van der Waals surface area (Å²) in [5.41, 5.74) is 0.154. The number of piperidine rings is 2. The molecule has 3 rings (SSSR count). The maximum Gasteiger partial charge on any atom is 0.323 e. The molecule has 0 spiro atoms. The van der Waals surface area contributed by atoms with E-state index >= 15 is 0 Å². The molecule has 8 heteroatoms. The molecule has 0 atom stereocenters. The largest absolute Gasteiger partial charge is 0.463 e. The molecule has 2 saturated heterocycles. The fourth-order valence-corrected chi connectivity index (χ4v) is 7.17. The van der Waals surface area contributed by atoms with Crippen LogP contribution in [0.2, 0.25) is 0 Å². The third-order valence-corrected chi connectivity index (χ3v) is 8.38. The predicted molar refractivity (Wildman–Crippen MR) is 164 cm³/mol. The molecule has 0 unspecified atom stereocenters. The number of ether oxygens (including phenoxy) is 1. The average molecular weight is 546 g/mol. The highest BCUT2D eigenvalue weighted by Gasteiger charge is 2.41. The Morgan fingerprint density at radius 2 is 1.03 bits per heavy atom. The Hall–Kier alpha value is -1.67. The van der Waals surface area contributed by atoms with E-state index in [0.29, 0.717) is 36.6 Å². The molecule has 2 fully saturated rings. The molecule has 0 radical (unpaired) electrons. The Morgan fingerprint density at radius 1 is 0.641 bits per heavy atom. The van der Waals surface area contributed by atoms with Gasteiger partial charge in [0.1, 0.15) is 0 Å². The lowest BCUT2D eigenvalue weighted by atomic mass is 9.79. The SMILES string of the molecule is CCCCCCCCOc1nc(N(C)C2CC(C)(C)NC(C)(C)C2)nc(N(C)C2CC(C)(C)NC(C)(C)C2)n1. The van der Waals surface area contributed by atoms with E-state index in [2.05, 4.69) is 96.8 Å². The standard InChI is InChI=1S/C31H59N7O/c1-12-13-14-15-16-17-18-39-27-33-25(37(10)23-19-28(2,3)35-29(4,5)20-23)32-26(34-27)38(11)24-21-30(6,7)36-31(8,9)22-24/h23-24,35-36H,12-22H2,1-11H3. The van der Waals surface area contributed by atoms with E-state index in [4.69, 9.17) is 19.7 Å². The lowest BCUT2D eigenvalue weighted by Crippen LogP contribution is -2.62. The van der Waals surface area contributed by atoms with Crippen molar-refractivity contribution in [2.24, 2.45) is 0 Å². The van der Waals surface area contributed by atoms with Gasteiger partial charge in [-0.3, -0.25) is 0 Å². The van der Waals surface area contributed by atoms with Crippen LogP contribution >= 0.6 is 0 Å². The van der Waals surface area contributed by atoms with E-state index in [1.807, 2.05) is 0 Å². The first-order valence-electron chi connectivity index (χ1n) is 15.4. The third-order valence-electron chi connectivity index (χ3n) is 8.38. The summed E-state index contributed by atoms with van der Waals surface area (Å²) in [5, 5.41) is 7.60. The van der Waals surface area contributed by atoms with Gasteiger partial charge in [0.2, 0.25) is 11.9 Å². The zero-order valence-corrected chi connectivity index (χ0v) is 27.1. The molecule has 2 aliphatic heterocycles. The van der Waals surface area contributed by atoms with Crippen molar-refractivity contribution in [3.63, 3.8) is 0 Å². The van der Waals surface area contributed by atoms with Crippen molar-refractivity contribution >= 4 is 11.9 Å². The first kappa shape index (κ1) is 31.9. The molecule has 224 valence electrons. The number of unbranched alkanes of at least 4 members (excludes halogenated alkanes) is 5. The van der Waals surface area contributed by atoms with Crippen LogP contribution in [-0.4, -0.2) is 69.9 Å². The van der Waals surface area contributed by atoms with Crippen molar-refractivity contribution < 1.29 is 4.74 Å². The summed E-state index contributed by atoms with van der Waals surface area (Å²) in [7, 11) is 4.27. The topological polar surface area (TPSA) is 78.4 Å². The molecule has 1 aromatic rings. The molecular formula is C31H59N7O. The lowest BCUT2D eigenvalue weighted by molar-refractivity contribution is 0.159. The minimum Gasteiger partial charge on any atom is -0.463 e. The van der Waals surface area contributed by atoms with Gasteiger partial charge in [-0.2, -0.15) is 15.0 Å². The van der Waals surface area contributed by atoms with E-state index in [1.165, 1.54) is 32.1 Å². The molecule has 0 aliphatic carbocycles. The van der Waals surface area contributed by atoms with Gasteiger partial charge in [-0.05, 0) is 87.5 Å². The fraction of sp³-hybridized carbons (Fsp3) is 0.903. The van der Waals surface area contributed by atoms with Gasteiger partial charge < -0.3 is 25.2 Å². The molecular weight excluding hydrogens is 486 g/mol. The molecule has 8 nitrogen and oxygen atoms in total. The van der Waals surface area contributed by atoms with E-state index in [0.717, 1.165) is 32.1 Å².